The van der Waals surface area contributed by atoms with Gasteiger partial charge in [-0.15, -0.1) is 0 Å². The average molecular weight is 435 g/mol. The Bertz CT molecular complexity index is 968. The molecule has 1 aromatic rings. The number of amides is 2. The van der Waals surface area contributed by atoms with Crippen molar-refractivity contribution in [2.45, 2.75) is 56.5 Å². The van der Waals surface area contributed by atoms with E-state index < -0.39 is 64.9 Å². The van der Waals surface area contributed by atoms with Gasteiger partial charge >= 0.3 is 0 Å². The summed E-state index contributed by atoms with van der Waals surface area (Å²) < 4.78 is 5.07. The van der Waals surface area contributed by atoms with Crippen LogP contribution < -0.4 is 0 Å². The molecule has 4 N–H and O–H groups in total. The van der Waals surface area contributed by atoms with Gasteiger partial charge in [0.15, 0.2) is 40.9 Å². The molecular formula is C20H21NO10. The Morgan fingerprint density at radius 1 is 1.00 bits per heavy atom. The second kappa shape index (κ2) is 7.39. The van der Waals surface area contributed by atoms with Crippen molar-refractivity contribution in [3.05, 3.63) is 35.4 Å². The number of carbonyl (C=O) groups is 5. The Hall–Kier alpha value is -2.83. The van der Waals surface area contributed by atoms with Crippen LogP contribution in [-0.4, -0.2) is 90.2 Å². The number of imide groups is 1. The molecule has 11 heteroatoms. The smallest absolute Gasteiger partial charge is 0.262 e. The molecule has 6 atom stereocenters. The molecule has 1 aromatic carbocycles. The lowest BCUT2D eigenvalue weighted by atomic mass is 9.65. The van der Waals surface area contributed by atoms with Gasteiger partial charge in [-0.1, -0.05) is 12.1 Å². The molecule has 2 aliphatic heterocycles. The number of benzene rings is 1. The second-order valence-electron chi connectivity index (χ2n) is 7.60. The standard InChI is InChI=1S/C20H21NO10/c1-8(22)13(25)15-20(30,10(3)24)19(29,9(2)23)14(18(28)31-15)21-16(26)11-6-4-5-7-12(11)17(21)27/h4-8,14-15,18,22,28-30H,1-3H3/t8?,14-,15-,18+,19-,20-/m1/s1. The summed E-state index contributed by atoms with van der Waals surface area (Å²) in [4.78, 5) is 63.7. The van der Waals surface area contributed by atoms with Crippen LogP contribution in [0.15, 0.2) is 24.3 Å². The van der Waals surface area contributed by atoms with E-state index in [-0.39, 0.29) is 11.1 Å². The van der Waals surface area contributed by atoms with Crippen molar-refractivity contribution in [3.8, 4) is 0 Å². The molecule has 0 aromatic heterocycles. The monoisotopic (exact) mass is 435 g/mol. The van der Waals surface area contributed by atoms with Crippen molar-refractivity contribution in [1.82, 2.24) is 4.90 Å². The minimum Gasteiger partial charge on any atom is -0.386 e. The van der Waals surface area contributed by atoms with E-state index in [0.29, 0.717) is 4.90 Å². The predicted molar refractivity (Wildman–Crippen MR) is 99.6 cm³/mol. The van der Waals surface area contributed by atoms with Crippen molar-refractivity contribution >= 4 is 29.2 Å². The van der Waals surface area contributed by atoms with Crippen molar-refractivity contribution in [1.29, 1.82) is 0 Å². The van der Waals surface area contributed by atoms with Gasteiger partial charge in [-0.05, 0) is 32.9 Å². The summed E-state index contributed by atoms with van der Waals surface area (Å²) in [5.74, 6) is -5.98. The third-order valence-corrected chi connectivity index (χ3v) is 5.78. The van der Waals surface area contributed by atoms with Crippen LogP contribution in [0.5, 0.6) is 0 Å². The number of Topliss-reactive ketones (excluding diaryl/α,β-unsaturated/α-hetero) is 3. The third-order valence-electron chi connectivity index (χ3n) is 5.78. The largest absolute Gasteiger partial charge is 0.386 e. The van der Waals surface area contributed by atoms with E-state index >= 15 is 0 Å². The Kier molecular flexibility index (Phi) is 5.45. The topological polar surface area (TPSA) is 179 Å². The molecule has 2 heterocycles. The van der Waals surface area contributed by atoms with E-state index in [4.69, 9.17) is 4.74 Å². The molecule has 31 heavy (non-hydrogen) atoms. The number of ketones is 3. The number of nitrogens with zero attached hydrogens (tertiary/aromatic N) is 1. The number of carbonyl (C=O) groups excluding carboxylic acids is 5. The Morgan fingerprint density at radius 2 is 1.45 bits per heavy atom. The molecule has 166 valence electrons. The molecular weight excluding hydrogens is 414 g/mol. The van der Waals surface area contributed by atoms with Crippen LogP contribution in [0.4, 0.5) is 0 Å². The first-order valence-corrected chi connectivity index (χ1v) is 9.30. The summed E-state index contributed by atoms with van der Waals surface area (Å²) in [5, 5.41) is 42.9. The zero-order chi connectivity index (χ0) is 23.5. The van der Waals surface area contributed by atoms with E-state index in [1.165, 1.54) is 24.3 Å². The first kappa shape index (κ1) is 22.8. The lowest BCUT2D eigenvalue weighted by Crippen LogP contribution is -2.83. The van der Waals surface area contributed by atoms with Gasteiger partial charge in [0, 0.05) is 0 Å². The minimum absolute atomic E-state index is 0.0980. The summed E-state index contributed by atoms with van der Waals surface area (Å²) in [5.41, 5.74) is -6.86. The van der Waals surface area contributed by atoms with E-state index in [2.05, 4.69) is 0 Å². The van der Waals surface area contributed by atoms with Gasteiger partial charge in [0.05, 0.1) is 11.1 Å². The van der Waals surface area contributed by atoms with Crippen LogP contribution in [0, 0.1) is 0 Å². The van der Waals surface area contributed by atoms with Crippen LogP contribution >= 0.6 is 0 Å². The van der Waals surface area contributed by atoms with Crippen LogP contribution in [0.1, 0.15) is 41.5 Å². The molecule has 0 spiro atoms. The molecule has 2 amide bonds. The number of aliphatic hydroxyl groups is 4. The molecule has 1 saturated heterocycles. The van der Waals surface area contributed by atoms with E-state index in [1.54, 1.807) is 0 Å². The van der Waals surface area contributed by atoms with E-state index in [0.717, 1.165) is 20.8 Å². The van der Waals surface area contributed by atoms with Crippen LogP contribution in [0.3, 0.4) is 0 Å². The molecule has 11 nitrogen and oxygen atoms in total. The highest BCUT2D eigenvalue weighted by Crippen LogP contribution is 2.44. The zero-order valence-electron chi connectivity index (χ0n) is 16.8. The fourth-order valence-corrected chi connectivity index (χ4v) is 4.14. The fourth-order valence-electron chi connectivity index (χ4n) is 4.14. The maximum absolute atomic E-state index is 12.9. The zero-order valence-corrected chi connectivity index (χ0v) is 16.8. The van der Waals surface area contributed by atoms with Crippen molar-refractivity contribution in [2.75, 3.05) is 0 Å². The molecule has 1 unspecified atom stereocenters. The van der Waals surface area contributed by atoms with Gasteiger partial charge in [0.2, 0.25) is 0 Å². The molecule has 3 rings (SSSR count). The van der Waals surface area contributed by atoms with Crippen molar-refractivity contribution < 1.29 is 49.1 Å². The molecule has 0 radical (unpaired) electrons. The summed E-state index contributed by atoms with van der Waals surface area (Å²) in [7, 11) is 0. The normalized spacial score (nSPS) is 33.8. The number of aliphatic hydroxyl groups excluding tert-OH is 2. The molecule has 0 saturated carbocycles. The van der Waals surface area contributed by atoms with Crippen molar-refractivity contribution in [3.63, 3.8) is 0 Å². The van der Waals surface area contributed by atoms with Crippen LogP contribution in [0.25, 0.3) is 0 Å². The predicted octanol–water partition coefficient (Wildman–Crippen LogP) is -2.04. The molecule has 0 aliphatic carbocycles. The number of ether oxygens (including phenoxy) is 1. The van der Waals surface area contributed by atoms with Gasteiger partial charge in [0.1, 0.15) is 12.1 Å². The first-order chi connectivity index (χ1) is 14.3. The lowest BCUT2D eigenvalue weighted by molar-refractivity contribution is -0.304. The average Bonchev–Trinajstić information content (AvgIpc) is 2.95. The number of fused-ring (bicyclic) bond motifs is 1. The fraction of sp³-hybridized carbons (Fsp3) is 0.450. The van der Waals surface area contributed by atoms with Gasteiger partial charge in [-0.25, -0.2) is 0 Å². The summed E-state index contributed by atoms with van der Waals surface area (Å²) in [6.07, 6.45) is -6.53. The number of rotatable bonds is 5. The van der Waals surface area contributed by atoms with Gasteiger partial charge < -0.3 is 25.2 Å². The maximum Gasteiger partial charge on any atom is 0.262 e. The molecule has 2 aliphatic rings. The summed E-state index contributed by atoms with van der Waals surface area (Å²) in [6.45, 7) is 2.49. The third kappa shape index (κ3) is 2.89. The Morgan fingerprint density at radius 3 is 1.84 bits per heavy atom. The highest BCUT2D eigenvalue weighted by molar-refractivity contribution is 6.22. The van der Waals surface area contributed by atoms with Crippen LogP contribution in [-0.2, 0) is 19.1 Å². The molecule has 0 bridgehead atoms. The summed E-state index contributed by atoms with van der Waals surface area (Å²) >= 11 is 0. The lowest BCUT2D eigenvalue weighted by Gasteiger charge is -2.54. The van der Waals surface area contributed by atoms with E-state index in [1.807, 2.05) is 0 Å². The Labute approximate surface area is 175 Å². The highest BCUT2D eigenvalue weighted by Gasteiger charge is 2.74. The Balaban J connectivity index is 2.24. The van der Waals surface area contributed by atoms with Gasteiger partial charge in [-0.3, -0.25) is 28.9 Å². The number of hydrogen-bond acceptors (Lipinski definition) is 10. The van der Waals surface area contributed by atoms with Crippen molar-refractivity contribution in [2.24, 2.45) is 0 Å². The van der Waals surface area contributed by atoms with E-state index in [9.17, 15) is 44.4 Å². The highest BCUT2D eigenvalue weighted by atomic mass is 16.6. The minimum atomic E-state index is -3.33. The molecule has 1 fully saturated rings. The second-order valence-corrected chi connectivity index (χ2v) is 7.60. The summed E-state index contributed by atoms with van der Waals surface area (Å²) in [6, 6.07) is 3.25. The van der Waals surface area contributed by atoms with Gasteiger partial charge in [0.25, 0.3) is 11.8 Å². The van der Waals surface area contributed by atoms with Crippen LogP contribution in [0.2, 0.25) is 0 Å². The quantitative estimate of drug-likeness (QED) is 0.376. The number of hydrogen-bond donors (Lipinski definition) is 4. The SMILES string of the molecule is CC(=O)[C@@]1(O)[C@@H](C(=O)C(C)O)O[C@H](O)[C@@H](N2C(=O)c3ccccc3C2=O)[C@]1(O)C(C)=O. The first-order valence-electron chi connectivity index (χ1n) is 9.30. The van der Waals surface area contributed by atoms with Gasteiger partial charge in [-0.2, -0.15) is 0 Å². The maximum atomic E-state index is 12.9.